The van der Waals surface area contributed by atoms with Gasteiger partial charge in [0.2, 0.25) is 0 Å². The van der Waals surface area contributed by atoms with Crippen LogP contribution in [0.2, 0.25) is 0 Å². The lowest BCUT2D eigenvalue weighted by molar-refractivity contribution is 0.143. The first-order valence-electron chi connectivity index (χ1n) is 3.22. The van der Waals surface area contributed by atoms with Crippen molar-refractivity contribution in [1.82, 2.24) is 0 Å². The Bertz CT molecular complexity index is 183. The average Bonchev–Trinajstić information content (AvgIpc) is 1.94. The lowest BCUT2D eigenvalue weighted by Crippen LogP contribution is -2.24. The maximum Gasteiger partial charge on any atom is 0.0671 e. The van der Waals surface area contributed by atoms with Gasteiger partial charge >= 0.3 is 0 Å². The monoisotopic (exact) mass is 139 g/mol. The van der Waals surface area contributed by atoms with Gasteiger partial charge in [-0.25, -0.2) is 0 Å². The smallest absolute Gasteiger partial charge is 0.0671 e. The highest BCUT2D eigenvalue weighted by Crippen LogP contribution is 2.14. The molecule has 0 unspecified atom stereocenters. The summed E-state index contributed by atoms with van der Waals surface area (Å²) in [5.74, 6) is 0. The van der Waals surface area contributed by atoms with Crippen molar-refractivity contribution in [2.24, 2.45) is 5.11 Å². The predicted molar refractivity (Wildman–Crippen MR) is 37.3 cm³/mol. The van der Waals surface area contributed by atoms with E-state index in [-0.39, 0.29) is 6.04 Å². The molecule has 0 saturated carbocycles. The lowest BCUT2D eigenvalue weighted by atomic mass is 10.00. The fourth-order valence-electron chi connectivity index (χ4n) is 0.976. The Morgan fingerprint density at radius 2 is 2.20 bits per heavy atom. The minimum absolute atomic E-state index is 0.255. The Kier molecular flexibility index (Phi) is 2.31. The van der Waals surface area contributed by atoms with Crippen molar-refractivity contribution in [3.05, 3.63) is 22.6 Å². The molecule has 0 bridgehead atoms. The molecule has 0 amide bonds. The van der Waals surface area contributed by atoms with Gasteiger partial charge in [0.15, 0.2) is 0 Å². The number of aliphatic hydroxyl groups is 1. The van der Waals surface area contributed by atoms with Gasteiger partial charge in [-0.15, -0.1) is 0 Å². The minimum Gasteiger partial charge on any atom is -0.392 e. The topological polar surface area (TPSA) is 69.0 Å². The van der Waals surface area contributed by atoms with Crippen molar-refractivity contribution in [3.8, 4) is 0 Å². The SMILES string of the molecule is [N-]=[N+]=N[C@@H]1CC=CC[C@H]1O. The summed E-state index contributed by atoms with van der Waals surface area (Å²) < 4.78 is 0. The van der Waals surface area contributed by atoms with Crippen LogP contribution in [0.5, 0.6) is 0 Å². The van der Waals surface area contributed by atoms with E-state index in [1.165, 1.54) is 0 Å². The van der Waals surface area contributed by atoms with Gasteiger partial charge in [-0.05, 0) is 18.4 Å². The summed E-state index contributed by atoms with van der Waals surface area (Å²) in [5.41, 5.74) is 8.06. The standard InChI is InChI=1S/C6H9N3O/c7-9-8-5-3-1-2-4-6(5)10/h1-2,5-6,10H,3-4H2/t5-,6-/m1/s1. The van der Waals surface area contributed by atoms with E-state index in [0.717, 1.165) is 0 Å². The predicted octanol–water partition coefficient (Wildman–Crippen LogP) is 1.38. The molecule has 0 heterocycles. The van der Waals surface area contributed by atoms with E-state index >= 15 is 0 Å². The van der Waals surface area contributed by atoms with E-state index < -0.39 is 6.10 Å². The van der Waals surface area contributed by atoms with Crippen LogP contribution < -0.4 is 0 Å². The van der Waals surface area contributed by atoms with E-state index in [0.29, 0.717) is 12.8 Å². The molecule has 1 aliphatic carbocycles. The Labute approximate surface area is 58.8 Å². The van der Waals surface area contributed by atoms with Crippen LogP contribution in [0.1, 0.15) is 12.8 Å². The molecule has 0 aliphatic heterocycles. The molecule has 4 heteroatoms. The maximum atomic E-state index is 9.18. The van der Waals surface area contributed by atoms with E-state index in [1.807, 2.05) is 12.2 Å². The largest absolute Gasteiger partial charge is 0.392 e. The molecular weight excluding hydrogens is 130 g/mol. The first-order chi connectivity index (χ1) is 4.84. The molecule has 0 aromatic heterocycles. The molecule has 0 saturated heterocycles. The van der Waals surface area contributed by atoms with Crippen molar-refractivity contribution in [2.45, 2.75) is 25.0 Å². The highest BCUT2D eigenvalue weighted by molar-refractivity contribution is 4.97. The Hall–Kier alpha value is -0.990. The van der Waals surface area contributed by atoms with Gasteiger partial charge in [0, 0.05) is 4.91 Å². The quantitative estimate of drug-likeness (QED) is 0.253. The van der Waals surface area contributed by atoms with Crippen molar-refractivity contribution in [2.75, 3.05) is 0 Å². The molecule has 2 atom stereocenters. The molecule has 54 valence electrons. The van der Waals surface area contributed by atoms with E-state index in [2.05, 4.69) is 10.0 Å². The summed E-state index contributed by atoms with van der Waals surface area (Å²) >= 11 is 0. The fourth-order valence-corrected chi connectivity index (χ4v) is 0.976. The van der Waals surface area contributed by atoms with Crippen LogP contribution in [0.3, 0.4) is 0 Å². The second-order valence-electron chi connectivity index (χ2n) is 2.28. The van der Waals surface area contributed by atoms with Gasteiger partial charge < -0.3 is 5.11 Å². The Morgan fingerprint density at radius 3 is 2.80 bits per heavy atom. The molecule has 1 N–H and O–H groups in total. The van der Waals surface area contributed by atoms with Gasteiger partial charge in [0.25, 0.3) is 0 Å². The average molecular weight is 139 g/mol. The summed E-state index contributed by atoms with van der Waals surface area (Å²) in [6.07, 6.45) is 4.59. The number of nitrogens with zero attached hydrogens (tertiary/aromatic N) is 3. The summed E-state index contributed by atoms with van der Waals surface area (Å²) in [5, 5.41) is 12.6. The molecule has 1 aliphatic rings. The van der Waals surface area contributed by atoms with Crippen LogP contribution in [0, 0.1) is 0 Å². The highest BCUT2D eigenvalue weighted by Gasteiger charge is 2.17. The first kappa shape index (κ1) is 7.12. The lowest BCUT2D eigenvalue weighted by Gasteiger charge is -2.18. The van der Waals surface area contributed by atoms with Crippen molar-refractivity contribution < 1.29 is 5.11 Å². The van der Waals surface area contributed by atoms with Gasteiger partial charge in [-0.2, -0.15) is 0 Å². The summed E-state index contributed by atoms with van der Waals surface area (Å²) in [6, 6.07) is -0.255. The second kappa shape index (κ2) is 3.25. The van der Waals surface area contributed by atoms with Crippen LogP contribution in [0.25, 0.3) is 10.4 Å². The van der Waals surface area contributed by atoms with Crippen molar-refractivity contribution >= 4 is 0 Å². The second-order valence-corrected chi connectivity index (χ2v) is 2.28. The summed E-state index contributed by atoms with van der Waals surface area (Å²) in [6.45, 7) is 0. The fraction of sp³-hybridized carbons (Fsp3) is 0.667. The highest BCUT2D eigenvalue weighted by atomic mass is 16.3. The van der Waals surface area contributed by atoms with Crippen molar-refractivity contribution in [3.63, 3.8) is 0 Å². The number of aliphatic hydroxyl groups excluding tert-OH is 1. The molecule has 0 radical (unpaired) electrons. The molecule has 0 aromatic carbocycles. The van der Waals surface area contributed by atoms with Gasteiger partial charge in [0.05, 0.1) is 12.1 Å². The molecule has 0 aromatic rings. The van der Waals surface area contributed by atoms with Gasteiger partial charge in [-0.1, -0.05) is 17.3 Å². The third kappa shape index (κ3) is 1.50. The summed E-state index contributed by atoms with van der Waals surface area (Å²) in [7, 11) is 0. The molecular formula is C6H9N3O. The maximum absolute atomic E-state index is 9.18. The Balaban J connectivity index is 2.58. The van der Waals surface area contributed by atoms with Crippen molar-refractivity contribution in [1.29, 1.82) is 0 Å². The number of hydrogen-bond donors (Lipinski definition) is 1. The van der Waals surface area contributed by atoms with E-state index in [9.17, 15) is 5.11 Å². The zero-order valence-corrected chi connectivity index (χ0v) is 5.51. The molecule has 10 heavy (non-hydrogen) atoms. The van der Waals surface area contributed by atoms with Crippen LogP contribution >= 0.6 is 0 Å². The van der Waals surface area contributed by atoms with E-state index in [1.54, 1.807) is 0 Å². The zero-order valence-electron chi connectivity index (χ0n) is 5.51. The molecule has 1 rings (SSSR count). The third-order valence-corrected chi connectivity index (χ3v) is 1.57. The van der Waals surface area contributed by atoms with Gasteiger partial charge in [0.1, 0.15) is 0 Å². The number of azide groups is 1. The molecule has 0 spiro atoms. The zero-order chi connectivity index (χ0) is 7.40. The first-order valence-corrected chi connectivity index (χ1v) is 3.22. The Morgan fingerprint density at radius 1 is 1.50 bits per heavy atom. The minimum atomic E-state index is -0.485. The third-order valence-electron chi connectivity index (χ3n) is 1.57. The number of hydrogen-bond acceptors (Lipinski definition) is 2. The van der Waals surface area contributed by atoms with E-state index in [4.69, 9.17) is 5.53 Å². The van der Waals surface area contributed by atoms with Gasteiger partial charge in [-0.3, -0.25) is 0 Å². The van der Waals surface area contributed by atoms with Crippen LogP contribution in [0.4, 0.5) is 0 Å². The number of rotatable bonds is 1. The molecule has 0 fully saturated rings. The van der Waals surface area contributed by atoms with Crippen LogP contribution in [0.15, 0.2) is 17.3 Å². The molecule has 4 nitrogen and oxygen atoms in total. The van der Waals surface area contributed by atoms with Crippen LogP contribution in [-0.2, 0) is 0 Å². The summed E-state index contributed by atoms with van der Waals surface area (Å²) in [4.78, 5) is 2.64. The normalized spacial score (nSPS) is 31.3. The van der Waals surface area contributed by atoms with Crippen LogP contribution in [-0.4, -0.2) is 17.3 Å².